The zero-order chi connectivity index (χ0) is 30.6. The lowest BCUT2D eigenvalue weighted by atomic mass is 10.2. The highest BCUT2D eigenvalue weighted by molar-refractivity contribution is 5.65. The molecule has 42 heavy (non-hydrogen) atoms. The Morgan fingerprint density at radius 2 is 1.52 bits per heavy atom. The third-order valence-corrected chi connectivity index (χ3v) is 6.69. The van der Waals surface area contributed by atoms with Crippen molar-refractivity contribution in [3.05, 3.63) is 101 Å². The molecule has 2 aromatic carbocycles. The first kappa shape index (κ1) is 32.1. The summed E-state index contributed by atoms with van der Waals surface area (Å²) >= 11 is 0. The van der Waals surface area contributed by atoms with Gasteiger partial charge < -0.3 is 15.0 Å². The number of fused-ring (bicyclic) bond motifs is 2. The summed E-state index contributed by atoms with van der Waals surface area (Å²) in [6.45, 7) is 17.6. The van der Waals surface area contributed by atoms with E-state index < -0.39 is 0 Å². The molecule has 1 N–H and O–H groups in total. The number of rotatable bonds is 5. The van der Waals surface area contributed by atoms with Crippen LogP contribution in [0.3, 0.4) is 0 Å². The molecule has 7 heteroatoms. The molecule has 0 saturated carbocycles. The Labute approximate surface area is 251 Å². The summed E-state index contributed by atoms with van der Waals surface area (Å²) < 4.78 is 7.79. The molecule has 4 heterocycles. The van der Waals surface area contributed by atoms with E-state index in [0.29, 0.717) is 19.2 Å². The molecule has 0 atom stereocenters. The maximum absolute atomic E-state index is 5.70. The standard InChI is InChI=1S/C23H24N6O.C8H10.2C2H6/c1-4-16-8-10-29-21(12-16)26-15(2)22(29)18-7-9-24-23(27-18)25-13-17-5-6-19-20(11-17)30-14-28(19)3;1-7-3-5-8(2)6-4-7;2*1-2/h5-12H,4,13-14H2,1-3H3,(H,24,25,27);3-6H,1-2H3;2*1-2H3. The predicted octanol–water partition coefficient (Wildman–Crippen LogP) is 8.42. The third-order valence-electron chi connectivity index (χ3n) is 6.69. The molecule has 7 nitrogen and oxygen atoms in total. The number of anilines is 2. The maximum atomic E-state index is 5.70. The summed E-state index contributed by atoms with van der Waals surface area (Å²) in [6, 6.07) is 20.9. The van der Waals surface area contributed by atoms with Gasteiger partial charge in [-0.1, -0.05) is 76.1 Å². The van der Waals surface area contributed by atoms with Crippen molar-refractivity contribution in [3.63, 3.8) is 0 Å². The highest BCUT2D eigenvalue weighted by Crippen LogP contribution is 2.33. The lowest BCUT2D eigenvalue weighted by molar-refractivity contribution is 0.353. The first-order valence-electron chi connectivity index (χ1n) is 15.0. The SMILES string of the molecule is CC.CC.CCc1ccn2c(-c3ccnc(NCc4ccc5c(c4)OCN5C)n3)c(C)nc2c1.Cc1ccc(C)cc1. The summed E-state index contributed by atoms with van der Waals surface area (Å²) in [5, 5.41) is 3.33. The number of hydrogen-bond acceptors (Lipinski definition) is 6. The van der Waals surface area contributed by atoms with Crippen molar-refractivity contribution in [3.8, 4) is 17.1 Å². The lowest BCUT2D eigenvalue weighted by Crippen LogP contribution is -2.14. The van der Waals surface area contributed by atoms with E-state index in [1.165, 1.54) is 16.7 Å². The number of hydrogen-bond donors (Lipinski definition) is 1. The Balaban J connectivity index is 0.000000343. The van der Waals surface area contributed by atoms with Crippen molar-refractivity contribution in [2.75, 3.05) is 24.0 Å². The quantitative estimate of drug-likeness (QED) is 0.230. The van der Waals surface area contributed by atoms with Crippen LogP contribution in [0, 0.1) is 20.8 Å². The van der Waals surface area contributed by atoms with Crippen LogP contribution in [-0.2, 0) is 13.0 Å². The monoisotopic (exact) mass is 566 g/mol. The van der Waals surface area contributed by atoms with Crippen molar-refractivity contribution in [2.45, 2.75) is 68.4 Å². The summed E-state index contributed by atoms with van der Waals surface area (Å²) in [5.74, 6) is 1.50. The van der Waals surface area contributed by atoms with Gasteiger partial charge >= 0.3 is 0 Å². The average molecular weight is 567 g/mol. The van der Waals surface area contributed by atoms with Crippen molar-refractivity contribution in [1.82, 2.24) is 19.4 Å². The minimum absolute atomic E-state index is 0.588. The zero-order valence-corrected chi connectivity index (χ0v) is 26.7. The second-order valence-electron chi connectivity index (χ2n) is 9.71. The Morgan fingerprint density at radius 3 is 2.19 bits per heavy atom. The number of aromatic nitrogens is 4. The summed E-state index contributed by atoms with van der Waals surface area (Å²) in [6.07, 6.45) is 4.84. The molecule has 0 amide bonds. The minimum Gasteiger partial charge on any atom is -0.471 e. The van der Waals surface area contributed by atoms with Gasteiger partial charge in [0.05, 0.1) is 22.8 Å². The molecular formula is C35H46N6O. The Morgan fingerprint density at radius 1 is 0.833 bits per heavy atom. The fourth-order valence-corrected chi connectivity index (χ4v) is 4.46. The summed E-state index contributed by atoms with van der Waals surface area (Å²) in [5.41, 5.74) is 9.90. The molecule has 1 aliphatic heterocycles. The van der Waals surface area contributed by atoms with Crippen LogP contribution in [0.4, 0.5) is 11.6 Å². The Kier molecular flexibility index (Phi) is 11.9. The molecule has 0 unspecified atom stereocenters. The van der Waals surface area contributed by atoms with Gasteiger partial charge in [-0.2, -0.15) is 0 Å². The number of aryl methyl sites for hydroxylation is 4. The van der Waals surface area contributed by atoms with Gasteiger partial charge in [0.25, 0.3) is 0 Å². The van der Waals surface area contributed by atoms with Crippen molar-refractivity contribution >= 4 is 17.3 Å². The largest absolute Gasteiger partial charge is 0.471 e. The number of pyridine rings is 1. The summed E-state index contributed by atoms with van der Waals surface area (Å²) in [7, 11) is 2.02. The van der Waals surface area contributed by atoms with Crippen LogP contribution in [-0.4, -0.2) is 33.1 Å². The average Bonchev–Trinajstić information content (AvgIpc) is 3.57. The smallest absolute Gasteiger partial charge is 0.223 e. The van der Waals surface area contributed by atoms with E-state index in [1.54, 1.807) is 6.20 Å². The second-order valence-corrected chi connectivity index (χ2v) is 9.71. The highest BCUT2D eigenvalue weighted by Gasteiger charge is 2.17. The molecule has 222 valence electrons. The number of nitrogens with one attached hydrogen (secondary N) is 1. The third kappa shape index (κ3) is 7.87. The van der Waals surface area contributed by atoms with Gasteiger partial charge in [0.2, 0.25) is 5.95 Å². The number of nitrogens with zero attached hydrogens (tertiary/aromatic N) is 5. The molecule has 0 spiro atoms. The van der Waals surface area contributed by atoms with Crippen LogP contribution in [0.15, 0.2) is 73.1 Å². The number of imidazole rings is 1. The molecule has 3 aromatic heterocycles. The van der Waals surface area contributed by atoms with Gasteiger partial charge in [0, 0.05) is 26.0 Å². The van der Waals surface area contributed by atoms with Gasteiger partial charge in [-0.15, -0.1) is 0 Å². The van der Waals surface area contributed by atoms with Gasteiger partial charge in [-0.3, -0.25) is 4.40 Å². The van der Waals surface area contributed by atoms with Gasteiger partial charge in [-0.25, -0.2) is 15.0 Å². The summed E-state index contributed by atoms with van der Waals surface area (Å²) in [4.78, 5) is 15.9. The van der Waals surface area contributed by atoms with Gasteiger partial charge in [0.15, 0.2) is 6.73 Å². The fraction of sp³-hybridized carbons (Fsp3) is 0.343. The lowest BCUT2D eigenvalue weighted by Gasteiger charge is -2.10. The molecule has 0 radical (unpaired) electrons. The normalized spacial score (nSPS) is 11.2. The molecule has 0 aliphatic carbocycles. The zero-order valence-electron chi connectivity index (χ0n) is 26.7. The highest BCUT2D eigenvalue weighted by atomic mass is 16.5. The van der Waals surface area contributed by atoms with Gasteiger partial charge in [-0.05, 0) is 68.7 Å². The maximum Gasteiger partial charge on any atom is 0.223 e. The van der Waals surface area contributed by atoms with E-state index in [9.17, 15) is 0 Å². The molecule has 5 aromatic rings. The first-order valence-corrected chi connectivity index (χ1v) is 15.0. The topological polar surface area (TPSA) is 67.6 Å². The number of benzene rings is 2. The number of ether oxygens (including phenoxy) is 1. The van der Waals surface area contributed by atoms with E-state index in [1.807, 2.05) is 47.7 Å². The second kappa shape index (κ2) is 15.6. The van der Waals surface area contributed by atoms with Crippen LogP contribution in [0.1, 0.15) is 62.6 Å². The fourth-order valence-electron chi connectivity index (χ4n) is 4.46. The van der Waals surface area contributed by atoms with Gasteiger partial charge in [0.1, 0.15) is 11.4 Å². The van der Waals surface area contributed by atoms with E-state index in [0.717, 1.165) is 46.2 Å². The Hall–Kier alpha value is -4.39. The minimum atomic E-state index is 0.588. The predicted molar refractivity (Wildman–Crippen MR) is 177 cm³/mol. The van der Waals surface area contributed by atoms with Crippen LogP contribution in [0.2, 0.25) is 0 Å². The van der Waals surface area contributed by atoms with Crippen LogP contribution >= 0.6 is 0 Å². The molecular weight excluding hydrogens is 520 g/mol. The molecule has 1 aliphatic rings. The van der Waals surface area contributed by atoms with Crippen molar-refractivity contribution in [1.29, 1.82) is 0 Å². The van der Waals surface area contributed by atoms with Crippen molar-refractivity contribution < 1.29 is 4.74 Å². The van der Waals surface area contributed by atoms with Crippen molar-refractivity contribution in [2.24, 2.45) is 0 Å². The molecule has 0 bridgehead atoms. The van der Waals surface area contributed by atoms with Crippen LogP contribution < -0.4 is 15.0 Å². The van der Waals surface area contributed by atoms with Crippen LogP contribution in [0.5, 0.6) is 5.75 Å². The molecule has 0 saturated heterocycles. The molecule has 6 rings (SSSR count). The van der Waals surface area contributed by atoms with E-state index in [4.69, 9.17) is 14.7 Å². The first-order chi connectivity index (χ1) is 20.4. The van der Waals surface area contributed by atoms with Crippen LogP contribution in [0.25, 0.3) is 17.0 Å². The van der Waals surface area contributed by atoms with E-state index in [2.05, 4.69) is 101 Å². The Bertz CT molecular complexity index is 1540. The molecule has 0 fully saturated rings. The van der Waals surface area contributed by atoms with E-state index in [-0.39, 0.29) is 0 Å². The van der Waals surface area contributed by atoms with E-state index >= 15 is 0 Å².